The molecule has 1 N–H and O–H groups in total. The first-order valence-corrected chi connectivity index (χ1v) is 6.58. The van der Waals surface area contributed by atoms with E-state index in [1.165, 1.54) is 6.07 Å². The quantitative estimate of drug-likeness (QED) is 0.937. The van der Waals surface area contributed by atoms with Crippen molar-refractivity contribution in [3.05, 3.63) is 52.0 Å². The van der Waals surface area contributed by atoms with Gasteiger partial charge in [0.25, 0.3) is 5.91 Å². The largest absolute Gasteiger partial charge is 0.352 e. The number of nitrogens with one attached hydrogen (secondary N) is 1. The Kier molecular flexibility index (Phi) is 4.31. The van der Waals surface area contributed by atoms with Crippen LogP contribution in [-0.2, 0) is 13.5 Å². The van der Waals surface area contributed by atoms with Gasteiger partial charge in [0.05, 0.1) is 5.56 Å². The van der Waals surface area contributed by atoms with Crippen LogP contribution in [0.1, 0.15) is 16.1 Å². The summed E-state index contributed by atoms with van der Waals surface area (Å²) in [6.45, 7) is 0.430. The maximum Gasteiger partial charge on any atom is 0.255 e. The Hall–Kier alpha value is -1.69. The summed E-state index contributed by atoms with van der Waals surface area (Å²) in [7, 11) is 1.84. The highest BCUT2D eigenvalue weighted by molar-refractivity contribution is 9.10. The van der Waals surface area contributed by atoms with Crippen LogP contribution in [0.4, 0.5) is 4.39 Å². The molecule has 2 rings (SSSR count). The van der Waals surface area contributed by atoms with Crippen LogP contribution in [0, 0.1) is 5.82 Å². The highest BCUT2D eigenvalue weighted by atomic mass is 79.9. The zero-order valence-electron chi connectivity index (χ0n) is 10.4. The van der Waals surface area contributed by atoms with Crippen molar-refractivity contribution in [2.45, 2.75) is 6.42 Å². The van der Waals surface area contributed by atoms with Gasteiger partial charge in [-0.1, -0.05) is 6.07 Å². The molecule has 0 aliphatic rings. The molecular formula is C13H13BrFN3O. The van der Waals surface area contributed by atoms with Crippen LogP contribution in [0.15, 0.2) is 34.9 Å². The van der Waals surface area contributed by atoms with Crippen LogP contribution in [0.5, 0.6) is 0 Å². The van der Waals surface area contributed by atoms with Gasteiger partial charge in [0.2, 0.25) is 0 Å². The smallest absolute Gasteiger partial charge is 0.255 e. The van der Waals surface area contributed by atoms with Gasteiger partial charge in [-0.15, -0.1) is 0 Å². The van der Waals surface area contributed by atoms with E-state index >= 15 is 0 Å². The van der Waals surface area contributed by atoms with Gasteiger partial charge in [-0.05, 0) is 34.1 Å². The van der Waals surface area contributed by atoms with E-state index in [1.807, 2.05) is 13.1 Å². The fraction of sp³-hybridized carbons (Fsp3) is 0.231. The second-order valence-corrected chi connectivity index (χ2v) is 4.90. The zero-order chi connectivity index (χ0) is 13.8. The summed E-state index contributed by atoms with van der Waals surface area (Å²) in [5.74, 6) is -0.959. The maximum atomic E-state index is 13.6. The van der Waals surface area contributed by atoms with Gasteiger partial charge in [-0.25, -0.2) is 4.39 Å². The van der Waals surface area contributed by atoms with Gasteiger partial charge in [-0.3, -0.25) is 9.48 Å². The summed E-state index contributed by atoms with van der Waals surface area (Å²) in [6, 6.07) is 6.33. The summed E-state index contributed by atoms with van der Waals surface area (Å²) < 4.78 is 15.8. The molecule has 0 unspecified atom stereocenters. The van der Waals surface area contributed by atoms with Crippen molar-refractivity contribution in [3.8, 4) is 0 Å². The number of carbonyl (C=O) groups is 1. The third kappa shape index (κ3) is 3.20. The lowest BCUT2D eigenvalue weighted by molar-refractivity contribution is 0.0949. The number of amides is 1. The SMILES string of the molecule is Cn1nccc1CCNC(=O)c1c(F)cccc1Br. The van der Waals surface area contributed by atoms with Gasteiger partial charge < -0.3 is 5.32 Å². The predicted octanol–water partition coefficient (Wildman–Crippen LogP) is 2.29. The molecule has 2 aromatic rings. The number of carbonyl (C=O) groups excluding carboxylic acids is 1. The topological polar surface area (TPSA) is 46.9 Å². The lowest BCUT2D eigenvalue weighted by Crippen LogP contribution is -2.27. The molecule has 1 aromatic heterocycles. The Balaban J connectivity index is 1.97. The van der Waals surface area contributed by atoms with Crippen LogP contribution in [0.3, 0.4) is 0 Å². The first kappa shape index (κ1) is 13.7. The van der Waals surface area contributed by atoms with E-state index < -0.39 is 11.7 Å². The molecule has 0 saturated heterocycles. The molecule has 0 atom stereocenters. The van der Waals surface area contributed by atoms with E-state index in [2.05, 4.69) is 26.3 Å². The molecule has 1 aromatic carbocycles. The lowest BCUT2D eigenvalue weighted by Gasteiger charge is -2.08. The fourth-order valence-electron chi connectivity index (χ4n) is 1.75. The third-order valence-corrected chi connectivity index (χ3v) is 3.44. The van der Waals surface area contributed by atoms with E-state index in [0.29, 0.717) is 17.4 Å². The molecule has 0 saturated carbocycles. The second-order valence-electron chi connectivity index (χ2n) is 4.05. The van der Waals surface area contributed by atoms with Gasteiger partial charge in [0.15, 0.2) is 0 Å². The maximum absolute atomic E-state index is 13.6. The third-order valence-electron chi connectivity index (χ3n) is 2.78. The second kappa shape index (κ2) is 5.97. The van der Waals surface area contributed by atoms with Crippen molar-refractivity contribution in [1.82, 2.24) is 15.1 Å². The molecular weight excluding hydrogens is 313 g/mol. The molecule has 0 bridgehead atoms. The predicted molar refractivity (Wildman–Crippen MR) is 73.3 cm³/mol. The highest BCUT2D eigenvalue weighted by Gasteiger charge is 2.14. The van der Waals surface area contributed by atoms with E-state index in [9.17, 15) is 9.18 Å². The van der Waals surface area contributed by atoms with Crippen LogP contribution < -0.4 is 5.32 Å². The van der Waals surface area contributed by atoms with Gasteiger partial charge in [-0.2, -0.15) is 5.10 Å². The van der Waals surface area contributed by atoms with Crippen molar-refractivity contribution in [3.63, 3.8) is 0 Å². The van der Waals surface area contributed by atoms with Gasteiger partial charge >= 0.3 is 0 Å². The number of rotatable bonds is 4. The molecule has 0 radical (unpaired) electrons. The standard InChI is InChI=1S/C13H13BrFN3O/c1-18-9(6-8-17-18)5-7-16-13(19)12-10(14)3-2-4-11(12)15/h2-4,6,8H,5,7H2,1H3,(H,16,19). The average Bonchev–Trinajstić information content (AvgIpc) is 2.75. The number of aromatic nitrogens is 2. The summed E-state index contributed by atoms with van der Waals surface area (Å²) >= 11 is 3.18. The molecule has 100 valence electrons. The molecule has 0 aliphatic carbocycles. The molecule has 1 heterocycles. The van der Waals surface area contributed by atoms with Crippen molar-refractivity contribution in [2.75, 3.05) is 6.54 Å². The molecule has 6 heteroatoms. The van der Waals surface area contributed by atoms with E-state index in [-0.39, 0.29) is 5.56 Å². The first-order valence-electron chi connectivity index (χ1n) is 5.78. The molecule has 0 spiro atoms. The number of hydrogen-bond donors (Lipinski definition) is 1. The number of benzene rings is 1. The Morgan fingerprint density at radius 3 is 2.89 bits per heavy atom. The normalized spacial score (nSPS) is 10.5. The lowest BCUT2D eigenvalue weighted by atomic mass is 10.2. The number of hydrogen-bond acceptors (Lipinski definition) is 2. The highest BCUT2D eigenvalue weighted by Crippen LogP contribution is 2.19. The monoisotopic (exact) mass is 325 g/mol. The Labute approximate surface area is 118 Å². The minimum atomic E-state index is -0.535. The first-order chi connectivity index (χ1) is 9.09. The van der Waals surface area contributed by atoms with Crippen molar-refractivity contribution >= 4 is 21.8 Å². The van der Waals surface area contributed by atoms with Crippen molar-refractivity contribution in [1.29, 1.82) is 0 Å². The fourth-order valence-corrected chi connectivity index (χ4v) is 2.28. The summed E-state index contributed by atoms with van der Waals surface area (Å²) in [5, 5.41) is 6.73. The molecule has 4 nitrogen and oxygen atoms in total. The van der Waals surface area contributed by atoms with Crippen LogP contribution in [-0.4, -0.2) is 22.2 Å². The Bertz CT molecular complexity index is 577. The van der Waals surface area contributed by atoms with E-state index in [0.717, 1.165) is 5.69 Å². The van der Waals surface area contributed by atoms with Crippen LogP contribution in [0.2, 0.25) is 0 Å². The van der Waals surface area contributed by atoms with Gasteiger partial charge in [0, 0.05) is 36.4 Å². The minimum absolute atomic E-state index is 0.0347. The summed E-state index contributed by atoms with van der Waals surface area (Å²) in [5.41, 5.74) is 1.04. The molecule has 19 heavy (non-hydrogen) atoms. The van der Waals surface area contributed by atoms with Crippen LogP contribution in [0.25, 0.3) is 0 Å². The van der Waals surface area contributed by atoms with E-state index in [1.54, 1.807) is 23.0 Å². The summed E-state index contributed by atoms with van der Waals surface area (Å²) in [6.07, 6.45) is 2.35. The molecule has 0 aliphatic heterocycles. The minimum Gasteiger partial charge on any atom is -0.352 e. The Morgan fingerprint density at radius 1 is 1.47 bits per heavy atom. The Morgan fingerprint density at radius 2 is 2.26 bits per heavy atom. The van der Waals surface area contributed by atoms with Crippen molar-refractivity contribution in [2.24, 2.45) is 7.05 Å². The van der Waals surface area contributed by atoms with Crippen LogP contribution >= 0.6 is 15.9 Å². The summed E-state index contributed by atoms with van der Waals surface area (Å²) in [4.78, 5) is 11.9. The molecule has 0 fully saturated rings. The van der Waals surface area contributed by atoms with Gasteiger partial charge in [0.1, 0.15) is 5.82 Å². The average molecular weight is 326 g/mol. The van der Waals surface area contributed by atoms with E-state index in [4.69, 9.17) is 0 Å². The zero-order valence-corrected chi connectivity index (χ0v) is 11.9. The van der Waals surface area contributed by atoms with Crippen molar-refractivity contribution < 1.29 is 9.18 Å². The number of aryl methyl sites for hydroxylation is 1. The molecule has 1 amide bonds. The number of nitrogens with zero attached hydrogens (tertiary/aromatic N) is 2. The number of halogens is 2.